The molecule has 0 bridgehead atoms. The van der Waals surface area contributed by atoms with Crippen molar-refractivity contribution in [3.05, 3.63) is 52.8 Å². The predicted octanol–water partition coefficient (Wildman–Crippen LogP) is 4.05. The summed E-state index contributed by atoms with van der Waals surface area (Å²) < 4.78 is 14.5. The Hall–Kier alpha value is -2.89. The fraction of sp³-hybridized carbons (Fsp3) is 0.391. The van der Waals surface area contributed by atoms with Gasteiger partial charge in [0.25, 0.3) is 11.8 Å². The van der Waals surface area contributed by atoms with Crippen LogP contribution in [-0.2, 0) is 0 Å². The summed E-state index contributed by atoms with van der Waals surface area (Å²) in [5.74, 6) is -0.960. The lowest BCUT2D eigenvalue weighted by Crippen LogP contribution is -2.32. The van der Waals surface area contributed by atoms with Crippen LogP contribution in [0.1, 0.15) is 59.9 Å². The van der Waals surface area contributed by atoms with Crippen LogP contribution in [0, 0.1) is 18.2 Å². The Labute approximate surface area is 170 Å². The number of benzene rings is 2. The highest BCUT2D eigenvalue weighted by Crippen LogP contribution is 2.32. The summed E-state index contributed by atoms with van der Waals surface area (Å²) in [6.45, 7) is 8.30. The van der Waals surface area contributed by atoms with Gasteiger partial charge in [-0.15, -0.1) is 0 Å². The van der Waals surface area contributed by atoms with E-state index in [1.54, 1.807) is 31.2 Å². The van der Waals surface area contributed by atoms with E-state index in [9.17, 15) is 14.0 Å². The molecule has 0 saturated heterocycles. The van der Waals surface area contributed by atoms with E-state index in [-0.39, 0.29) is 28.8 Å². The van der Waals surface area contributed by atoms with Crippen LogP contribution in [0.4, 0.5) is 10.1 Å². The molecule has 0 heterocycles. The van der Waals surface area contributed by atoms with Gasteiger partial charge < -0.3 is 16.4 Å². The summed E-state index contributed by atoms with van der Waals surface area (Å²) in [5.41, 5.74) is 8.78. The standard InChI is InChI=1S/C23H28FN3O2/c1-13-18(9-15(10-19(13)24)22(29)27-16-6-7-16)17-8-5-14(11-20(17)25)21(28)26-12-23(2,3)4/h5,8-11,16H,6-7,12,25H2,1-4H3,(H,26,28)(H,27,29). The number of nitrogens with one attached hydrogen (secondary N) is 2. The van der Waals surface area contributed by atoms with Gasteiger partial charge in [0.2, 0.25) is 0 Å². The minimum Gasteiger partial charge on any atom is -0.398 e. The Kier molecular flexibility index (Phi) is 5.64. The molecule has 2 amide bonds. The molecule has 0 aromatic heterocycles. The van der Waals surface area contributed by atoms with Crippen molar-refractivity contribution in [2.45, 2.75) is 46.6 Å². The second-order valence-corrected chi connectivity index (χ2v) is 8.92. The van der Waals surface area contributed by atoms with Crippen molar-refractivity contribution in [3.8, 4) is 11.1 Å². The Morgan fingerprint density at radius 1 is 1.07 bits per heavy atom. The Balaban J connectivity index is 1.89. The molecule has 1 aliphatic rings. The number of carbonyl (C=O) groups is 2. The molecule has 2 aromatic carbocycles. The molecule has 6 heteroatoms. The van der Waals surface area contributed by atoms with E-state index in [0.29, 0.717) is 34.5 Å². The minimum absolute atomic E-state index is 0.0305. The summed E-state index contributed by atoms with van der Waals surface area (Å²) in [7, 11) is 0. The number of rotatable bonds is 5. The first kappa shape index (κ1) is 20.8. The smallest absolute Gasteiger partial charge is 0.251 e. The van der Waals surface area contributed by atoms with Crippen molar-refractivity contribution in [2.75, 3.05) is 12.3 Å². The monoisotopic (exact) mass is 397 g/mol. The molecule has 3 rings (SSSR count). The Bertz CT molecular complexity index is 959. The Morgan fingerprint density at radius 3 is 2.34 bits per heavy atom. The highest BCUT2D eigenvalue weighted by Gasteiger charge is 2.25. The summed E-state index contributed by atoms with van der Waals surface area (Å²) in [6, 6.07) is 8.04. The maximum atomic E-state index is 14.5. The van der Waals surface area contributed by atoms with Gasteiger partial charge in [-0.3, -0.25) is 9.59 Å². The van der Waals surface area contributed by atoms with E-state index in [1.165, 1.54) is 6.07 Å². The SMILES string of the molecule is Cc1c(F)cc(C(=O)NC2CC2)cc1-c1ccc(C(=O)NCC(C)(C)C)cc1N. The molecule has 0 aliphatic heterocycles. The van der Waals surface area contributed by atoms with Crippen LogP contribution in [0.2, 0.25) is 0 Å². The first-order valence-corrected chi connectivity index (χ1v) is 9.84. The lowest BCUT2D eigenvalue weighted by molar-refractivity contribution is 0.0935. The van der Waals surface area contributed by atoms with E-state index in [0.717, 1.165) is 12.8 Å². The zero-order chi connectivity index (χ0) is 21.3. The Morgan fingerprint density at radius 2 is 1.76 bits per heavy atom. The van der Waals surface area contributed by atoms with Gasteiger partial charge in [0.1, 0.15) is 5.82 Å². The second kappa shape index (κ2) is 7.85. The highest BCUT2D eigenvalue weighted by atomic mass is 19.1. The van der Waals surface area contributed by atoms with Gasteiger partial charge in [-0.25, -0.2) is 4.39 Å². The maximum absolute atomic E-state index is 14.5. The topological polar surface area (TPSA) is 84.2 Å². The van der Waals surface area contributed by atoms with Crippen LogP contribution < -0.4 is 16.4 Å². The third-order valence-corrected chi connectivity index (χ3v) is 4.90. The number of carbonyl (C=O) groups excluding carboxylic acids is 2. The van der Waals surface area contributed by atoms with Gasteiger partial charge in [0.05, 0.1) is 0 Å². The van der Waals surface area contributed by atoms with Crippen LogP contribution in [0.5, 0.6) is 0 Å². The zero-order valence-corrected chi connectivity index (χ0v) is 17.4. The van der Waals surface area contributed by atoms with Crippen LogP contribution in [0.25, 0.3) is 11.1 Å². The van der Waals surface area contributed by atoms with Gasteiger partial charge in [-0.05, 0) is 60.6 Å². The van der Waals surface area contributed by atoms with Crippen molar-refractivity contribution in [1.82, 2.24) is 10.6 Å². The van der Waals surface area contributed by atoms with Crippen LogP contribution in [0.3, 0.4) is 0 Å². The molecular formula is C23H28FN3O2. The van der Waals surface area contributed by atoms with Crippen molar-refractivity contribution in [1.29, 1.82) is 0 Å². The number of halogens is 1. The largest absolute Gasteiger partial charge is 0.398 e. The fourth-order valence-corrected chi connectivity index (χ4v) is 2.98. The molecule has 0 atom stereocenters. The normalized spacial score (nSPS) is 13.8. The summed E-state index contributed by atoms with van der Waals surface area (Å²) in [6.07, 6.45) is 1.91. The van der Waals surface area contributed by atoms with E-state index < -0.39 is 5.82 Å². The summed E-state index contributed by atoms with van der Waals surface area (Å²) in [5, 5.41) is 5.76. The molecular weight excluding hydrogens is 369 g/mol. The molecule has 0 spiro atoms. The molecule has 1 aliphatic carbocycles. The quantitative estimate of drug-likeness (QED) is 0.666. The fourth-order valence-electron chi connectivity index (χ4n) is 2.98. The van der Waals surface area contributed by atoms with Crippen molar-refractivity contribution >= 4 is 17.5 Å². The van der Waals surface area contributed by atoms with E-state index in [4.69, 9.17) is 5.73 Å². The number of anilines is 1. The molecule has 29 heavy (non-hydrogen) atoms. The van der Waals surface area contributed by atoms with E-state index >= 15 is 0 Å². The van der Waals surface area contributed by atoms with Crippen molar-refractivity contribution in [3.63, 3.8) is 0 Å². The van der Waals surface area contributed by atoms with Gasteiger partial charge >= 0.3 is 0 Å². The average molecular weight is 397 g/mol. The molecule has 0 unspecified atom stereocenters. The molecule has 2 aromatic rings. The third kappa shape index (κ3) is 5.13. The minimum atomic E-state index is -0.463. The van der Waals surface area contributed by atoms with Crippen LogP contribution in [0.15, 0.2) is 30.3 Å². The number of hydrogen-bond acceptors (Lipinski definition) is 3. The number of nitrogens with two attached hydrogens (primary N) is 1. The lowest BCUT2D eigenvalue weighted by Gasteiger charge is -2.19. The first-order valence-electron chi connectivity index (χ1n) is 9.84. The van der Waals surface area contributed by atoms with Gasteiger partial charge in [-0.1, -0.05) is 26.8 Å². The molecule has 0 radical (unpaired) electrons. The summed E-state index contributed by atoms with van der Waals surface area (Å²) in [4.78, 5) is 24.7. The molecule has 1 saturated carbocycles. The summed E-state index contributed by atoms with van der Waals surface area (Å²) >= 11 is 0. The third-order valence-electron chi connectivity index (χ3n) is 4.90. The van der Waals surface area contributed by atoms with E-state index in [2.05, 4.69) is 10.6 Å². The van der Waals surface area contributed by atoms with E-state index in [1.807, 2.05) is 20.8 Å². The van der Waals surface area contributed by atoms with Gasteiger partial charge in [-0.2, -0.15) is 0 Å². The van der Waals surface area contributed by atoms with Crippen molar-refractivity contribution < 1.29 is 14.0 Å². The molecule has 154 valence electrons. The number of nitrogen functional groups attached to an aromatic ring is 1. The van der Waals surface area contributed by atoms with Crippen LogP contribution >= 0.6 is 0 Å². The van der Waals surface area contributed by atoms with Crippen molar-refractivity contribution in [2.24, 2.45) is 5.41 Å². The molecule has 4 N–H and O–H groups in total. The number of amides is 2. The van der Waals surface area contributed by atoms with Gasteiger partial charge in [0.15, 0.2) is 0 Å². The second-order valence-electron chi connectivity index (χ2n) is 8.92. The zero-order valence-electron chi connectivity index (χ0n) is 17.4. The maximum Gasteiger partial charge on any atom is 0.251 e. The highest BCUT2D eigenvalue weighted by molar-refractivity contribution is 5.98. The van der Waals surface area contributed by atoms with Crippen LogP contribution in [-0.4, -0.2) is 24.4 Å². The lowest BCUT2D eigenvalue weighted by atomic mass is 9.94. The predicted molar refractivity (Wildman–Crippen MR) is 113 cm³/mol. The molecule has 1 fully saturated rings. The number of hydrogen-bond donors (Lipinski definition) is 3. The average Bonchev–Trinajstić information content (AvgIpc) is 3.45. The molecule has 5 nitrogen and oxygen atoms in total. The van der Waals surface area contributed by atoms with Gasteiger partial charge in [0, 0.05) is 35.0 Å². The first-order chi connectivity index (χ1) is 13.5.